The summed E-state index contributed by atoms with van der Waals surface area (Å²) >= 11 is 5.99. The van der Waals surface area contributed by atoms with Gasteiger partial charge in [0.2, 0.25) is 0 Å². The van der Waals surface area contributed by atoms with Crippen molar-refractivity contribution < 1.29 is 4.79 Å². The Morgan fingerprint density at radius 1 is 1.17 bits per heavy atom. The average Bonchev–Trinajstić information content (AvgIpc) is 2.99. The van der Waals surface area contributed by atoms with Crippen LogP contribution < -0.4 is 5.32 Å². The van der Waals surface area contributed by atoms with Crippen molar-refractivity contribution in [3.05, 3.63) is 88.5 Å². The second-order valence-corrected chi connectivity index (χ2v) is 6.11. The quantitative estimate of drug-likeness (QED) is 0.783. The Morgan fingerprint density at radius 2 is 1.88 bits per heavy atom. The molecule has 1 amide bonds. The second kappa shape index (κ2) is 6.89. The Hall–Kier alpha value is -2.59. The molecule has 0 fully saturated rings. The lowest BCUT2D eigenvalue weighted by atomic mass is 10.0. The van der Waals surface area contributed by atoms with Crippen molar-refractivity contribution in [3.63, 3.8) is 0 Å². The number of nitrogens with one attached hydrogen (secondary N) is 1. The van der Waals surface area contributed by atoms with Crippen LogP contribution in [0.25, 0.3) is 0 Å². The van der Waals surface area contributed by atoms with E-state index in [0.29, 0.717) is 10.6 Å². The molecule has 3 aromatic rings. The molecule has 0 spiro atoms. The van der Waals surface area contributed by atoms with Crippen LogP contribution in [0.4, 0.5) is 0 Å². The Kier molecular flexibility index (Phi) is 4.67. The number of imidazole rings is 1. The number of amides is 1. The minimum atomic E-state index is -0.352. The highest BCUT2D eigenvalue weighted by atomic mass is 35.5. The number of aromatic nitrogens is 2. The first kappa shape index (κ1) is 16.3. The van der Waals surface area contributed by atoms with Crippen LogP contribution >= 0.6 is 11.6 Å². The maximum atomic E-state index is 12.7. The van der Waals surface area contributed by atoms with Crippen molar-refractivity contribution in [1.29, 1.82) is 0 Å². The molecule has 2 aromatic carbocycles. The summed E-state index contributed by atoms with van der Waals surface area (Å²) in [6.07, 6.45) is 3.58. The van der Waals surface area contributed by atoms with E-state index in [2.05, 4.69) is 10.3 Å². The van der Waals surface area contributed by atoms with Gasteiger partial charge in [-0.15, -0.1) is 0 Å². The predicted octanol–water partition coefficient (Wildman–Crippen LogP) is 3.90. The molecule has 0 saturated heterocycles. The fourth-order valence-electron chi connectivity index (χ4n) is 2.64. The van der Waals surface area contributed by atoms with Crippen LogP contribution in [0.3, 0.4) is 0 Å². The SMILES string of the molecule is Cc1ccccc1C(=O)NC(c1ccc(Cl)cc1)c1nccn1C. The fraction of sp³-hybridized carbons (Fsp3) is 0.158. The standard InChI is InChI=1S/C19H18ClN3O/c1-13-5-3-4-6-16(13)19(24)22-17(18-21-11-12-23(18)2)14-7-9-15(20)10-8-14/h3-12,17H,1-2H3,(H,22,24). The molecule has 1 N–H and O–H groups in total. The molecule has 0 saturated carbocycles. The lowest BCUT2D eigenvalue weighted by Crippen LogP contribution is -2.31. The summed E-state index contributed by atoms with van der Waals surface area (Å²) in [5.74, 6) is 0.635. The molecule has 1 aromatic heterocycles. The summed E-state index contributed by atoms with van der Waals surface area (Å²) in [5, 5.41) is 3.74. The molecular weight excluding hydrogens is 322 g/mol. The van der Waals surface area contributed by atoms with Crippen molar-refractivity contribution in [2.45, 2.75) is 13.0 Å². The van der Waals surface area contributed by atoms with Gasteiger partial charge in [-0.2, -0.15) is 0 Å². The zero-order chi connectivity index (χ0) is 17.1. The number of halogens is 1. The van der Waals surface area contributed by atoms with E-state index in [1.54, 1.807) is 6.20 Å². The first-order valence-electron chi connectivity index (χ1n) is 7.65. The molecule has 0 aliphatic carbocycles. The van der Waals surface area contributed by atoms with Crippen molar-refractivity contribution in [1.82, 2.24) is 14.9 Å². The van der Waals surface area contributed by atoms with E-state index in [1.807, 2.05) is 73.3 Å². The zero-order valence-corrected chi connectivity index (χ0v) is 14.3. The monoisotopic (exact) mass is 339 g/mol. The van der Waals surface area contributed by atoms with E-state index >= 15 is 0 Å². The molecule has 4 nitrogen and oxygen atoms in total. The highest BCUT2D eigenvalue weighted by Gasteiger charge is 2.22. The van der Waals surface area contributed by atoms with Crippen LogP contribution in [-0.4, -0.2) is 15.5 Å². The number of nitrogens with zero attached hydrogens (tertiary/aromatic N) is 2. The molecule has 0 aliphatic rings. The highest BCUT2D eigenvalue weighted by Crippen LogP contribution is 2.23. The largest absolute Gasteiger partial charge is 0.338 e. The lowest BCUT2D eigenvalue weighted by molar-refractivity contribution is 0.0940. The van der Waals surface area contributed by atoms with Gasteiger partial charge in [-0.05, 0) is 36.2 Å². The Bertz CT molecular complexity index is 855. The number of rotatable bonds is 4. The van der Waals surface area contributed by atoms with Gasteiger partial charge in [0.05, 0.1) is 0 Å². The molecule has 0 aliphatic heterocycles. The van der Waals surface area contributed by atoms with Gasteiger partial charge in [0.25, 0.3) is 5.91 Å². The van der Waals surface area contributed by atoms with Gasteiger partial charge in [0.1, 0.15) is 11.9 Å². The number of benzene rings is 2. The number of carbonyl (C=O) groups is 1. The summed E-state index contributed by atoms with van der Waals surface area (Å²) in [6, 6.07) is 14.6. The van der Waals surface area contributed by atoms with Crippen LogP contribution in [0.15, 0.2) is 60.9 Å². The molecular formula is C19H18ClN3O. The maximum absolute atomic E-state index is 12.7. The van der Waals surface area contributed by atoms with Crippen LogP contribution in [-0.2, 0) is 7.05 Å². The fourth-order valence-corrected chi connectivity index (χ4v) is 2.77. The van der Waals surface area contributed by atoms with E-state index < -0.39 is 0 Å². The summed E-state index contributed by atoms with van der Waals surface area (Å²) in [7, 11) is 1.91. The van der Waals surface area contributed by atoms with Gasteiger partial charge >= 0.3 is 0 Å². The van der Waals surface area contributed by atoms with E-state index in [0.717, 1.165) is 17.0 Å². The normalized spacial score (nSPS) is 12.0. The molecule has 3 rings (SSSR count). The first-order chi connectivity index (χ1) is 11.6. The Morgan fingerprint density at radius 3 is 2.50 bits per heavy atom. The van der Waals surface area contributed by atoms with E-state index in [9.17, 15) is 4.79 Å². The third-order valence-electron chi connectivity index (χ3n) is 3.99. The molecule has 24 heavy (non-hydrogen) atoms. The number of hydrogen-bond acceptors (Lipinski definition) is 2. The van der Waals surface area contributed by atoms with Crippen molar-refractivity contribution in [2.24, 2.45) is 7.05 Å². The van der Waals surface area contributed by atoms with Crippen LogP contribution in [0.5, 0.6) is 0 Å². The van der Waals surface area contributed by atoms with Crippen LogP contribution in [0, 0.1) is 6.92 Å². The molecule has 5 heteroatoms. The number of carbonyl (C=O) groups excluding carboxylic acids is 1. The minimum absolute atomic E-state index is 0.129. The third-order valence-corrected chi connectivity index (χ3v) is 4.24. The van der Waals surface area contributed by atoms with Crippen molar-refractivity contribution in [2.75, 3.05) is 0 Å². The minimum Gasteiger partial charge on any atom is -0.338 e. The van der Waals surface area contributed by atoms with Crippen LogP contribution in [0.2, 0.25) is 5.02 Å². The van der Waals surface area contributed by atoms with Crippen molar-refractivity contribution >= 4 is 17.5 Å². The average molecular weight is 340 g/mol. The van der Waals surface area contributed by atoms with E-state index in [1.165, 1.54) is 0 Å². The first-order valence-corrected chi connectivity index (χ1v) is 8.03. The molecule has 0 bridgehead atoms. The molecule has 122 valence electrons. The van der Waals surface area contributed by atoms with Crippen molar-refractivity contribution in [3.8, 4) is 0 Å². The molecule has 1 heterocycles. The number of hydrogen-bond donors (Lipinski definition) is 1. The molecule has 1 unspecified atom stereocenters. The topological polar surface area (TPSA) is 46.9 Å². The van der Waals surface area contributed by atoms with Gasteiger partial charge in [0, 0.05) is 30.0 Å². The predicted molar refractivity (Wildman–Crippen MR) is 95.1 cm³/mol. The van der Waals surface area contributed by atoms with E-state index in [-0.39, 0.29) is 11.9 Å². The van der Waals surface area contributed by atoms with Gasteiger partial charge in [0.15, 0.2) is 0 Å². The lowest BCUT2D eigenvalue weighted by Gasteiger charge is -2.20. The summed E-state index contributed by atoms with van der Waals surface area (Å²) in [6.45, 7) is 1.92. The smallest absolute Gasteiger partial charge is 0.252 e. The zero-order valence-electron chi connectivity index (χ0n) is 13.5. The second-order valence-electron chi connectivity index (χ2n) is 5.67. The maximum Gasteiger partial charge on any atom is 0.252 e. The van der Waals surface area contributed by atoms with Gasteiger partial charge in [-0.1, -0.05) is 41.9 Å². The van der Waals surface area contributed by atoms with Crippen LogP contribution in [0.1, 0.15) is 33.4 Å². The number of aryl methyl sites for hydroxylation is 2. The van der Waals surface area contributed by atoms with Gasteiger partial charge in [-0.3, -0.25) is 4.79 Å². The molecule has 1 atom stereocenters. The Labute approximate surface area is 146 Å². The van der Waals surface area contributed by atoms with Gasteiger partial charge in [-0.25, -0.2) is 4.98 Å². The summed E-state index contributed by atoms with van der Waals surface area (Å²) < 4.78 is 1.90. The third kappa shape index (κ3) is 3.34. The summed E-state index contributed by atoms with van der Waals surface area (Å²) in [5.41, 5.74) is 2.52. The highest BCUT2D eigenvalue weighted by molar-refractivity contribution is 6.30. The summed E-state index contributed by atoms with van der Waals surface area (Å²) in [4.78, 5) is 17.1. The van der Waals surface area contributed by atoms with E-state index in [4.69, 9.17) is 11.6 Å². The van der Waals surface area contributed by atoms with Gasteiger partial charge < -0.3 is 9.88 Å². The Balaban J connectivity index is 1.97. The molecule has 0 radical (unpaired) electrons.